The van der Waals surface area contributed by atoms with Crippen LogP contribution in [-0.2, 0) is 0 Å². The summed E-state index contributed by atoms with van der Waals surface area (Å²) in [6, 6.07) is 13.2. The number of anilines is 3. The average molecular weight is 340 g/mol. The van der Waals surface area contributed by atoms with Crippen molar-refractivity contribution >= 4 is 29.1 Å². The number of halogens is 1. The smallest absolute Gasteiger partial charge is 0.227 e. The van der Waals surface area contributed by atoms with Crippen molar-refractivity contribution in [2.75, 3.05) is 17.2 Å². The molecule has 5 nitrogen and oxygen atoms in total. The van der Waals surface area contributed by atoms with Crippen LogP contribution >= 0.6 is 11.6 Å². The standard InChI is InChI=1S/C18H18ClN5/c1-2-8-20-17-11-13(6-9-21-17)16-7-10-22-18(24-16)23-15-5-3-4-14(19)12-15/h3-7,9-12H,2,8H2,1H3,(H,20,21)(H,22,23,24). The molecule has 3 aromatic rings. The Morgan fingerprint density at radius 3 is 2.75 bits per heavy atom. The molecule has 0 aliphatic heterocycles. The molecule has 0 fully saturated rings. The summed E-state index contributed by atoms with van der Waals surface area (Å²) in [5, 5.41) is 7.11. The highest BCUT2D eigenvalue weighted by atomic mass is 35.5. The Kier molecular flexibility index (Phi) is 5.23. The average Bonchev–Trinajstić information content (AvgIpc) is 2.60. The van der Waals surface area contributed by atoms with Gasteiger partial charge in [-0.3, -0.25) is 0 Å². The SMILES string of the molecule is CCCNc1cc(-c2ccnc(Nc3cccc(Cl)c3)n2)ccn1. The Bertz CT molecular complexity index is 822. The fourth-order valence-electron chi connectivity index (χ4n) is 2.21. The molecular formula is C18H18ClN5. The highest BCUT2D eigenvalue weighted by Crippen LogP contribution is 2.22. The van der Waals surface area contributed by atoms with Crippen LogP contribution in [0.5, 0.6) is 0 Å². The van der Waals surface area contributed by atoms with Crippen molar-refractivity contribution in [2.24, 2.45) is 0 Å². The van der Waals surface area contributed by atoms with Crippen LogP contribution in [-0.4, -0.2) is 21.5 Å². The van der Waals surface area contributed by atoms with Gasteiger partial charge < -0.3 is 10.6 Å². The van der Waals surface area contributed by atoms with Gasteiger partial charge in [0.25, 0.3) is 0 Å². The second-order valence-electron chi connectivity index (χ2n) is 5.26. The van der Waals surface area contributed by atoms with E-state index in [1.54, 1.807) is 12.4 Å². The lowest BCUT2D eigenvalue weighted by atomic mass is 10.2. The summed E-state index contributed by atoms with van der Waals surface area (Å²) in [6.45, 7) is 3.01. The molecular weight excluding hydrogens is 322 g/mol. The largest absolute Gasteiger partial charge is 0.370 e. The zero-order chi connectivity index (χ0) is 16.8. The zero-order valence-corrected chi connectivity index (χ0v) is 14.1. The molecule has 3 rings (SSSR count). The van der Waals surface area contributed by atoms with Crippen LogP contribution < -0.4 is 10.6 Å². The molecule has 2 aromatic heterocycles. The highest BCUT2D eigenvalue weighted by Gasteiger charge is 2.05. The Labute approximate surface area is 146 Å². The number of hydrogen-bond acceptors (Lipinski definition) is 5. The lowest BCUT2D eigenvalue weighted by Gasteiger charge is -2.08. The van der Waals surface area contributed by atoms with E-state index >= 15 is 0 Å². The third-order valence-corrected chi connectivity index (χ3v) is 3.58. The second kappa shape index (κ2) is 7.75. The Morgan fingerprint density at radius 1 is 1.04 bits per heavy atom. The van der Waals surface area contributed by atoms with Gasteiger partial charge in [-0.25, -0.2) is 15.0 Å². The Balaban J connectivity index is 1.82. The monoisotopic (exact) mass is 339 g/mol. The second-order valence-corrected chi connectivity index (χ2v) is 5.69. The molecule has 0 radical (unpaired) electrons. The Morgan fingerprint density at radius 2 is 1.92 bits per heavy atom. The predicted octanol–water partition coefficient (Wildman–Crippen LogP) is 4.76. The summed E-state index contributed by atoms with van der Waals surface area (Å²) in [5.74, 6) is 1.37. The van der Waals surface area contributed by atoms with Gasteiger partial charge in [-0.15, -0.1) is 0 Å². The molecule has 0 saturated heterocycles. The number of benzene rings is 1. The maximum Gasteiger partial charge on any atom is 0.227 e. The van der Waals surface area contributed by atoms with E-state index in [1.165, 1.54) is 0 Å². The number of rotatable bonds is 6. The summed E-state index contributed by atoms with van der Waals surface area (Å²) >= 11 is 6.00. The lowest BCUT2D eigenvalue weighted by Crippen LogP contribution is -2.02. The molecule has 0 atom stereocenters. The van der Waals surface area contributed by atoms with Crippen molar-refractivity contribution < 1.29 is 0 Å². The van der Waals surface area contributed by atoms with E-state index in [-0.39, 0.29) is 0 Å². The number of nitrogens with zero attached hydrogens (tertiary/aromatic N) is 3. The molecule has 1 aromatic carbocycles. The van der Waals surface area contributed by atoms with E-state index in [0.717, 1.165) is 35.7 Å². The van der Waals surface area contributed by atoms with Crippen LogP contribution in [0.1, 0.15) is 13.3 Å². The Hall–Kier alpha value is -2.66. The maximum atomic E-state index is 6.00. The highest BCUT2D eigenvalue weighted by molar-refractivity contribution is 6.30. The molecule has 0 unspecified atom stereocenters. The molecule has 0 aliphatic carbocycles. The molecule has 0 amide bonds. The van der Waals surface area contributed by atoms with E-state index in [9.17, 15) is 0 Å². The first-order chi connectivity index (χ1) is 11.7. The lowest BCUT2D eigenvalue weighted by molar-refractivity contribution is 0.969. The fraction of sp³-hybridized carbons (Fsp3) is 0.167. The summed E-state index contributed by atoms with van der Waals surface area (Å²) in [5.41, 5.74) is 2.66. The van der Waals surface area contributed by atoms with Gasteiger partial charge in [-0.2, -0.15) is 0 Å². The molecule has 24 heavy (non-hydrogen) atoms. The number of pyridine rings is 1. The van der Waals surface area contributed by atoms with Crippen LogP contribution in [0, 0.1) is 0 Å². The number of hydrogen-bond donors (Lipinski definition) is 2. The molecule has 0 spiro atoms. The summed E-state index contributed by atoms with van der Waals surface area (Å²) < 4.78 is 0. The van der Waals surface area contributed by atoms with Gasteiger partial charge in [0.2, 0.25) is 5.95 Å². The molecule has 2 N–H and O–H groups in total. The van der Waals surface area contributed by atoms with E-state index in [2.05, 4.69) is 32.5 Å². The minimum atomic E-state index is 0.523. The molecule has 0 aliphatic rings. The van der Waals surface area contributed by atoms with Crippen molar-refractivity contribution in [3.05, 3.63) is 59.9 Å². The van der Waals surface area contributed by atoms with E-state index < -0.39 is 0 Å². The van der Waals surface area contributed by atoms with Crippen LogP contribution in [0.3, 0.4) is 0 Å². The quantitative estimate of drug-likeness (QED) is 0.678. The van der Waals surface area contributed by atoms with Crippen LogP contribution in [0.4, 0.5) is 17.5 Å². The summed E-state index contributed by atoms with van der Waals surface area (Å²) in [7, 11) is 0. The zero-order valence-electron chi connectivity index (χ0n) is 13.3. The third-order valence-electron chi connectivity index (χ3n) is 3.35. The van der Waals surface area contributed by atoms with Crippen molar-refractivity contribution in [3.8, 4) is 11.3 Å². The van der Waals surface area contributed by atoms with Gasteiger partial charge in [0, 0.05) is 35.2 Å². The van der Waals surface area contributed by atoms with Gasteiger partial charge in [0.15, 0.2) is 0 Å². The summed E-state index contributed by atoms with van der Waals surface area (Å²) in [4.78, 5) is 13.2. The van der Waals surface area contributed by atoms with Crippen molar-refractivity contribution in [2.45, 2.75) is 13.3 Å². The van der Waals surface area contributed by atoms with Crippen LogP contribution in [0.2, 0.25) is 5.02 Å². The maximum absolute atomic E-state index is 6.00. The van der Waals surface area contributed by atoms with Gasteiger partial charge >= 0.3 is 0 Å². The fourth-order valence-corrected chi connectivity index (χ4v) is 2.40. The first kappa shape index (κ1) is 16.2. The number of aromatic nitrogens is 3. The van der Waals surface area contributed by atoms with Gasteiger partial charge in [-0.1, -0.05) is 24.6 Å². The normalized spacial score (nSPS) is 10.4. The molecule has 6 heteroatoms. The molecule has 0 bridgehead atoms. The summed E-state index contributed by atoms with van der Waals surface area (Å²) in [6.07, 6.45) is 4.56. The van der Waals surface area contributed by atoms with E-state index in [4.69, 9.17) is 11.6 Å². The minimum Gasteiger partial charge on any atom is -0.370 e. The number of nitrogens with one attached hydrogen (secondary N) is 2. The van der Waals surface area contributed by atoms with Crippen molar-refractivity contribution in [3.63, 3.8) is 0 Å². The molecule has 0 saturated carbocycles. The molecule has 122 valence electrons. The topological polar surface area (TPSA) is 62.7 Å². The third kappa shape index (κ3) is 4.20. The van der Waals surface area contributed by atoms with Gasteiger partial charge in [0.05, 0.1) is 5.69 Å². The predicted molar refractivity (Wildman–Crippen MR) is 98.8 cm³/mol. The molecule has 2 heterocycles. The van der Waals surface area contributed by atoms with E-state index in [1.807, 2.05) is 42.5 Å². The van der Waals surface area contributed by atoms with Crippen LogP contribution in [0.15, 0.2) is 54.9 Å². The van der Waals surface area contributed by atoms with Gasteiger partial charge in [0.1, 0.15) is 5.82 Å². The van der Waals surface area contributed by atoms with E-state index in [0.29, 0.717) is 11.0 Å². The first-order valence-electron chi connectivity index (χ1n) is 7.80. The van der Waals surface area contributed by atoms with Crippen molar-refractivity contribution in [1.29, 1.82) is 0 Å². The van der Waals surface area contributed by atoms with Crippen LogP contribution in [0.25, 0.3) is 11.3 Å². The first-order valence-corrected chi connectivity index (χ1v) is 8.18. The van der Waals surface area contributed by atoms with Crippen molar-refractivity contribution in [1.82, 2.24) is 15.0 Å². The minimum absolute atomic E-state index is 0.523. The van der Waals surface area contributed by atoms with Gasteiger partial charge in [-0.05, 0) is 42.8 Å².